The molecule has 5 nitrogen and oxygen atoms in total. The Hall–Kier alpha value is -1.73. The van der Waals surface area contributed by atoms with Crippen molar-refractivity contribution in [3.8, 4) is 0 Å². The van der Waals surface area contributed by atoms with Gasteiger partial charge in [0.1, 0.15) is 9.88 Å². The number of nitrogens with zero attached hydrogens (tertiary/aromatic N) is 2. The summed E-state index contributed by atoms with van der Waals surface area (Å²) in [4.78, 5) is 31.7. The lowest BCUT2D eigenvalue weighted by atomic mass is 10.2. The molecular weight excluding hydrogens is 306 g/mol. The van der Waals surface area contributed by atoms with E-state index in [1.54, 1.807) is 13.2 Å². The van der Waals surface area contributed by atoms with E-state index in [1.165, 1.54) is 22.7 Å². The zero-order chi connectivity index (χ0) is 14.8. The third kappa shape index (κ3) is 2.71. The van der Waals surface area contributed by atoms with Crippen molar-refractivity contribution < 1.29 is 9.59 Å². The van der Waals surface area contributed by atoms with Crippen LogP contribution in [0.1, 0.15) is 43.2 Å². The summed E-state index contributed by atoms with van der Waals surface area (Å²) in [6, 6.07) is 3.72. The van der Waals surface area contributed by atoms with E-state index in [-0.39, 0.29) is 17.9 Å². The SMILES string of the molecule is CNC(=O)c1cnc(C2CCCN2C(=O)c2cccs2)s1. The van der Waals surface area contributed by atoms with Gasteiger partial charge in [0, 0.05) is 13.6 Å². The van der Waals surface area contributed by atoms with Crippen molar-refractivity contribution in [1.82, 2.24) is 15.2 Å². The average Bonchev–Trinajstić information content (AvgIpc) is 3.25. The molecule has 0 bridgehead atoms. The van der Waals surface area contributed by atoms with Gasteiger partial charge in [-0.2, -0.15) is 0 Å². The second-order valence-corrected chi connectivity index (χ2v) is 6.79. The lowest BCUT2D eigenvalue weighted by molar-refractivity contribution is 0.0740. The van der Waals surface area contributed by atoms with E-state index in [9.17, 15) is 9.59 Å². The quantitative estimate of drug-likeness (QED) is 0.945. The number of thiazole rings is 1. The summed E-state index contributed by atoms with van der Waals surface area (Å²) >= 11 is 2.82. The topological polar surface area (TPSA) is 62.3 Å². The van der Waals surface area contributed by atoms with Gasteiger partial charge in [-0.3, -0.25) is 9.59 Å². The lowest BCUT2D eigenvalue weighted by Gasteiger charge is -2.22. The van der Waals surface area contributed by atoms with Crippen LogP contribution in [0, 0.1) is 0 Å². The smallest absolute Gasteiger partial charge is 0.264 e. The van der Waals surface area contributed by atoms with E-state index in [1.807, 2.05) is 22.4 Å². The van der Waals surface area contributed by atoms with Crippen LogP contribution in [0.2, 0.25) is 0 Å². The molecule has 1 saturated heterocycles. The van der Waals surface area contributed by atoms with Crippen molar-refractivity contribution in [1.29, 1.82) is 0 Å². The van der Waals surface area contributed by atoms with E-state index in [0.29, 0.717) is 4.88 Å². The molecule has 1 fully saturated rings. The Morgan fingerprint density at radius 3 is 3.00 bits per heavy atom. The van der Waals surface area contributed by atoms with Crippen LogP contribution in [0.15, 0.2) is 23.7 Å². The fraction of sp³-hybridized carbons (Fsp3) is 0.357. The number of amides is 2. The Kier molecular flexibility index (Phi) is 4.03. The van der Waals surface area contributed by atoms with Crippen LogP contribution in [-0.4, -0.2) is 35.3 Å². The van der Waals surface area contributed by atoms with Gasteiger partial charge in [-0.1, -0.05) is 6.07 Å². The molecule has 1 N–H and O–H groups in total. The first-order chi connectivity index (χ1) is 10.2. The maximum absolute atomic E-state index is 12.5. The number of rotatable bonds is 3. The number of nitrogens with one attached hydrogen (secondary N) is 1. The molecule has 2 aromatic heterocycles. The number of hydrogen-bond acceptors (Lipinski definition) is 5. The summed E-state index contributed by atoms with van der Waals surface area (Å²) in [6.45, 7) is 0.746. The Morgan fingerprint density at radius 2 is 2.29 bits per heavy atom. The Morgan fingerprint density at radius 1 is 1.43 bits per heavy atom. The molecule has 1 aliphatic rings. The number of likely N-dealkylation sites (tertiary alicyclic amines) is 1. The zero-order valence-electron chi connectivity index (χ0n) is 11.5. The minimum atomic E-state index is -0.132. The first-order valence-corrected chi connectivity index (χ1v) is 8.42. The summed E-state index contributed by atoms with van der Waals surface area (Å²) in [5.41, 5.74) is 0. The molecule has 1 aliphatic heterocycles. The van der Waals surface area contributed by atoms with Crippen molar-refractivity contribution >= 4 is 34.5 Å². The third-order valence-electron chi connectivity index (χ3n) is 3.51. The first kappa shape index (κ1) is 14.2. The summed E-state index contributed by atoms with van der Waals surface area (Å²) in [5.74, 6) is -0.0722. The molecule has 7 heteroatoms. The van der Waals surface area contributed by atoms with E-state index in [2.05, 4.69) is 10.3 Å². The van der Waals surface area contributed by atoms with Crippen LogP contribution in [-0.2, 0) is 0 Å². The minimum Gasteiger partial charge on any atom is -0.354 e. The van der Waals surface area contributed by atoms with Crippen LogP contribution in [0.3, 0.4) is 0 Å². The zero-order valence-corrected chi connectivity index (χ0v) is 13.2. The molecule has 0 spiro atoms. The highest BCUT2D eigenvalue weighted by Crippen LogP contribution is 2.35. The van der Waals surface area contributed by atoms with Crippen LogP contribution in [0.25, 0.3) is 0 Å². The molecule has 21 heavy (non-hydrogen) atoms. The van der Waals surface area contributed by atoms with Gasteiger partial charge in [-0.25, -0.2) is 4.98 Å². The largest absolute Gasteiger partial charge is 0.354 e. The number of carbonyl (C=O) groups is 2. The molecule has 2 aromatic rings. The molecule has 3 heterocycles. The maximum atomic E-state index is 12.5. The van der Waals surface area contributed by atoms with Crippen molar-refractivity contribution in [3.05, 3.63) is 38.5 Å². The second kappa shape index (κ2) is 5.95. The molecule has 110 valence electrons. The summed E-state index contributed by atoms with van der Waals surface area (Å²) in [5, 5.41) is 5.35. The van der Waals surface area contributed by atoms with E-state index < -0.39 is 0 Å². The first-order valence-electron chi connectivity index (χ1n) is 6.73. The highest BCUT2D eigenvalue weighted by Gasteiger charge is 2.33. The summed E-state index contributed by atoms with van der Waals surface area (Å²) in [7, 11) is 1.60. The number of hydrogen-bond donors (Lipinski definition) is 1. The number of carbonyl (C=O) groups excluding carboxylic acids is 2. The predicted molar refractivity (Wildman–Crippen MR) is 82.8 cm³/mol. The molecule has 1 atom stereocenters. The molecule has 0 radical (unpaired) electrons. The Balaban J connectivity index is 1.82. The fourth-order valence-electron chi connectivity index (χ4n) is 2.48. The van der Waals surface area contributed by atoms with E-state index in [4.69, 9.17) is 0 Å². The van der Waals surface area contributed by atoms with Crippen LogP contribution in [0.4, 0.5) is 0 Å². The normalized spacial score (nSPS) is 18.0. The highest BCUT2D eigenvalue weighted by molar-refractivity contribution is 7.13. The summed E-state index contributed by atoms with van der Waals surface area (Å²) < 4.78 is 0. The standard InChI is InChI=1S/C14H15N3O2S2/c1-15-12(18)11-8-16-13(21-11)9-4-2-6-17(9)14(19)10-5-3-7-20-10/h3,5,7-9H,2,4,6H2,1H3,(H,15,18). The van der Waals surface area contributed by atoms with Gasteiger partial charge < -0.3 is 10.2 Å². The monoisotopic (exact) mass is 321 g/mol. The van der Waals surface area contributed by atoms with Gasteiger partial charge in [-0.05, 0) is 24.3 Å². The third-order valence-corrected chi connectivity index (χ3v) is 5.46. The van der Waals surface area contributed by atoms with Gasteiger partial charge in [-0.15, -0.1) is 22.7 Å². The van der Waals surface area contributed by atoms with Crippen molar-refractivity contribution in [2.75, 3.05) is 13.6 Å². The number of aromatic nitrogens is 1. The van der Waals surface area contributed by atoms with Crippen LogP contribution in [0.5, 0.6) is 0 Å². The molecular formula is C14H15N3O2S2. The van der Waals surface area contributed by atoms with Gasteiger partial charge in [0.05, 0.1) is 17.1 Å². The maximum Gasteiger partial charge on any atom is 0.264 e. The van der Waals surface area contributed by atoms with Gasteiger partial charge in [0.15, 0.2) is 0 Å². The van der Waals surface area contributed by atoms with E-state index in [0.717, 1.165) is 29.3 Å². The molecule has 0 saturated carbocycles. The lowest BCUT2D eigenvalue weighted by Crippen LogP contribution is -2.29. The highest BCUT2D eigenvalue weighted by atomic mass is 32.1. The van der Waals surface area contributed by atoms with Crippen molar-refractivity contribution in [2.45, 2.75) is 18.9 Å². The minimum absolute atomic E-state index is 0.0111. The van der Waals surface area contributed by atoms with Gasteiger partial charge >= 0.3 is 0 Å². The van der Waals surface area contributed by atoms with Gasteiger partial charge in [0.2, 0.25) is 0 Å². The van der Waals surface area contributed by atoms with Gasteiger partial charge in [0.25, 0.3) is 11.8 Å². The second-order valence-electron chi connectivity index (χ2n) is 4.78. The molecule has 0 aliphatic carbocycles. The van der Waals surface area contributed by atoms with Crippen molar-refractivity contribution in [2.24, 2.45) is 0 Å². The average molecular weight is 321 g/mol. The number of thiophene rings is 1. The van der Waals surface area contributed by atoms with E-state index >= 15 is 0 Å². The molecule has 0 aromatic carbocycles. The Bertz CT molecular complexity index is 651. The summed E-state index contributed by atoms with van der Waals surface area (Å²) in [6.07, 6.45) is 3.46. The van der Waals surface area contributed by atoms with Crippen molar-refractivity contribution in [3.63, 3.8) is 0 Å². The van der Waals surface area contributed by atoms with Crippen LogP contribution >= 0.6 is 22.7 Å². The van der Waals surface area contributed by atoms with Crippen LogP contribution < -0.4 is 5.32 Å². The predicted octanol–water partition coefficient (Wildman–Crippen LogP) is 2.54. The molecule has 2 amide bonds. The molecule has 3 rings (SSSR count). The Labute approximate surface area is 130 Å². The molecule has 1 unspecified atom stereocenters. The fourth-order valence-corrected chi connectivity index (χ4v) is 4.17.